The van der Waals surface area contributed by atoms with E-state index in [0.29, 0.717) is 11.3 Å². The van der Waals surface area contributed by atoms with Crippen molar-refractivity contribution in [2.24, 2.45) is 0 Å². The molecule has 7 heteroatoms. The predicted molar refractivity (Wildman–Crippen MR) is 87.7 cm³/mol. The average Bonchev–Trinajstić information content (AvgIpc) is 2.73. The molecule has 1 unspecified atom stereocenters. The SMILES string of the molecule is CC1(C)C(c2ccccc2)=[N+]([O-])C(c2ccc([N+](=O)[O-])cc2)N1O. The standard InChI is InChI=1S/C17H17N3O4/c1-17(2)15(12-6-4-3-5-7-12)18(21)16(19(17)22)13-8-10-14(11-9-13)20(23)24/h3-11,16,22H,1-2H3. The van der Waals surface area contributed by atoms with E-state index in [4.69, 9.17) is 0 Å². The molecule has 0 amide bonds. The highest BCUT2D eigenvalue weighted by atomic mass is 16.6. The molecular formula is C17H17N3O4. The summed E-state index contributed by atoms with van der Waals surface area (Å²) in [7, 11) is 0. The molecule has 2 aromatic carbocycles. The minimum Gasteiger partial charge on any atom is -0.622 e. The summed E-state index contributed by atoms with van der Waals surface area (Å²) in [6.45, 7) is 3.51. The van der Waals surface area contributed by atoms with Crippen molar-refractivity contribution in [3.05, 3.63) is 81.0 Å². The van der Waals surface area contributed by atoms with Crippen LogP contribution in [0.25, 0.3) is 0 Å². The lowest BCUT2D eigenvalue weighted by atomic mass is 9.93. The Hall–Kier alpha value is -2.77. The molecule has 0 spiro atoms. The predicted octanol–water partition coefficient (Wildman–Crippen LogP) is 3.08. The number of nitro benzene ring substituents is 1. The lowest BCUT2D eigenvalue weighted by Crippen LogP contribution is -2.44. The van der Waals surface area contributed by atoms with Crippen LogP contribution >= 0.6 is 0 Å². The fourth-order valence-corrected chi connectivity index (χ4v) is 3.03. The minimum absolute atomic E-state index is 0.0646. The fraction of sp³-hybridized carbons (Fsp3) is 0.235. The van der Waals surface area contributed by atoms with Crippen LogP contribution in [0.5, 0.6) is 0 Å². The van der Waals surface area contributed by atoms with Gasteiger partial charge in [0, 0.05) is 23.3 Å². The Morgan fingerprint density at radius 1 is 1.12 bits per heavy atom. The van der Waals surface area contributed by atoms with Crippen molar-refractivity contribution in [3.8, 4) is 0 Å². The van der Waals surface area contributed by atoms with Crippen LogP contribution in [0.2, 0.25) is 0 Å². The van der Waals surface area contributed by atoms with Gasteiger partial charge in [0.2, 0.25) is 5.71 Å². The van der Waals surface area contributed by atoms with Gasteiger partial charge in [-0.1, -0.05) is 18.2 Å². The maximum Gasteiger partial charge on any atom is 0.269 e. The summed E-state index contributed by atoms with van der Waals surface area (Å²) in [4.78, 5) is 10.3. The first-order valence-corrected chi connectivity index (χ1v) is 7.46. The quantitative estimate of drug-likeness (QED) is 0.405. The highest BCUT2D eigenvalue weighted by molar-refractivity contribution is 6.04. The van der Waals surface area contributed by atoms with Gasteiger partial charge in [0.1, 0.15) is 5.54 Å². The third kappa shape index (κ3) is 2.44. The minimum atomic E-state index is -0.962. The number of hydroxylamine groups is 3. The first-order valence-electron chi connectivity index (χ1n) is 7.46. The lowest BCUT2D eigenvalue weighted by Gasteiger charge is -2.25. The van der Waals surface area contributed by atoms with Crippen molar-refractivity contribution in [1.29, 1.82) is 0 Å². The molecule has 2 aromatic rings. The second-order valence-electron chi connectivity index (χ2n) is 6.17. The van der Waals surface area contributed by atoms with E-state index in [-0.39, 0.29) is 5.69 Å². The van der Waals surface area contributed by atoms with Crippen LogP contribution in [-0.2, 0) is 0 Å². The first-order chi connectivity index (χ1) is 11.3. The van der Waals surface area contributed by atoms with E-state index in [9.17, 15) is 20.5 Å². The molecule has 1 atom stereocenters. The van der Waals surface area contributed by atoms with Gasteiger partial charge >= 0.3 is 0 Å². The molecule has 0 saturated carbocycles. The molecule has 1 aliphatic heterocycles. The van der Waals surface area contributed by atoms with Gasteiger partial charge in [0.05, 0.1) is 4.92 Å². The largest absolute Gasteiger partial charge is 0.622 e. The van der Waals surface area contributed by atoms with Crippen LogP contribution in [0.1, 0.15) is 31.1 Å². The summed E-state index contributed by atoms with van der Waals surface area (Å²) in [5.41, 5.74) is 0.674. The number of benzene rings is 2. The summed E-state index contributed by atoms with van der Waals surface area (Å²) >= 11 is 0. The van der Waals surface area contributed by atoms with Crippen molar-refractivity contribution in [2.45, 2.75) is 25.6 Å². The van der Waals surface area contributed by atoms with E-state index in [1.165, 1.54) is 24.3 Å². The zero-order chi connectivity index (χ0) is 17.5. The van der Waals surface area contributed by atoms with Crippen LogP contribution in [-0.4, -0.2) is 31.2 Å². The summed E-state index contributed by atoms with van der Waals surface area (Å²) in [6, 6.07) is 14.8. The summed E-state index contributed by atoms with van der Waals surface area (Å²) in [5, 5.41) is 35.2. The molecule has 1 aliphatic rings. The van der Waals surface area contributed by atoms with Gasteiger partial charge in [-0.3, -0.25) is 10.1 Å². The zero-order valence-electron chi connectivity index (χ0n) is 13.3. The molecular weight excluding hydrogens is 310 g/mol. The molecule has 1 N–H and O–H groups in total. The second kappa shape index (κ2) is 5.70. The number of hydrogen-bond donors (Lipinski definition) is 1. The molecule has 1 heterocycles. The van der Waals surface area contributed by atoms with Gasteiger partial charge < -0.3 is 10.4 Å². The van der Waals surface area contributed by atoms with E-state index in [1.54, 1.807) is 13.8 Å². The normalized spacial score (nSPS) is 20.4. The number of nitrogens with zero attached hydrogens (tertiary/aromatic N) is 3. The molecule has 0 aliphatic carbocycles. The van der Waals surface area contributed by atoms with Gasteiger partial charge in [0.15, 0.2) is 0 Å². The Balaban J connectivity index is 2.08. The fourth-order valence-electron chi connectivity index (χ4n) is 3.03. The maximum atomic E-state index is 12.9. The highest BCUT2D eigenvalue weighted by Gasteiger charge is 2.52. The molecule has 0 saturated heterocycles. The Kier molecular flexibility index (Phi) is 3.82. The maximum absolute atomic E-state index is 12.9. The number of nitro groups is 1. The monoisotopic (exact) mass is 327 g/mol. The third-order valence-corrected chi connectivity index (χ3v) is 4.28. The van der Waals surface area contributed by atoms with Crippen molar-refractivity contribution >= 4 is 11.4 Å². The molecule has 3 rings (SSSR count). The Labute approximate surface area is 138 Å². The molecule has 124 valence electrons. The molecule has 0 aromatic heterocycles. The molecule has 0 fully saturated rings. The second-order valence-corrected chi connectivity index (χ2v) is 6.17. The Morgan fingerprint density at radius 2 is 1.71 bits per heavy atom. The van der Waals surface area contributed by atoms with Crippen LogP contribution in [0.4, 0.5) is 5.69 Å². The van der Waals surface area contributed by atoms with E-state index in [2.05, 4.69) is 0 Å². The van der Waals surface area contributed by atoms with E-state index >= 15 is 0 Å². The first kappa shape index (κ1) is 16.1. The summed E-state index contributed by atoms with van der Waals surface area (Å²) < 4.78 is 0.760. The van der Waals surface area contributed by atoms with Crippen LogP contribution < -0.4 is 0 Å². The average molecular weight is 327 g/mol. The number of hydrogen-bond acceptors (Lipinski definition) is 5. The van der Waals surface area contributed by atoms with Crippen LogP contribution in [0.15, 0.2) is 54.6 Å². The van der Waals surface area contributed by atoms with Crippen molar-refractivity contribution in [2.75, 3.05) is 0 Å². The van der Waals surface area contributed by atoms with Gasteiger partial charge in [-0.15, -0.1) is 5.06 Å². The van der Waals surface area contributed by atoms with Crippen LogP contribution in [0, 0.1) is 15.3 Å². The number of non-ortho nitro benzene ring substituents is 1. The van der Waals surface area contributed by atoms with Gasteiger partial charge in [-0.2, -0.15) is 4.74 Å². The van der Waals surface area contributed by atoms with Crippen LogP contribution in [0.3, 0.4) is 0 Å². The molecule has 0 radical (unpaired) electrons. The van der Waals surface area contributed by atoms with Gasteiger partial charge in [-0.25, -0.2) is 0 Å². The molecule has 0 bridgehead atoms. The smallest absolute Gasteiger partial charge is 0.269 e. The van der Waals surface area contributed by atoms with Gasteiger partial charge in [0.25, 0.3) is 11.9 Å². The molecule has 24 heavy (non-hydrogen) atoms. The van der Waals surface area contributed by atoms with Crippen molar-refractivity contribution in [1.82, 2.24) is 5.06 Å². The summed E-state index contributed by atoms with van der Waals surface area (Å²) in [6.07, 6.45) is -0.962. The van der Waals surface area contributed by atoms with Gasteiger partial charge in [-0.05, 0) is 38.1 Å². The lowest BCUT2D eigenvalue weighted by molar-refractivity contribution is -0.544. The Bertz CT molecular complexity index is 800. The topological polar surface area (TPSA) is 92.7 Å². The van der Waals surface area contributed by atoms with Crippen molar-refractivity contribution in [3.63, 3.8) is 0 Å². The van der Waals surface area contributed by atoms with E-state index in [1.807, 2.05) is 30.3 Å². The number of rotatable bonds is 3. The van der Waals surface area contributed by atoms with Crippen molar-refractivity contribution < 1.29 is 14.9 Å². The van der Waals surface area contributed by atoms with E-state index in [0.717, 1.165) is 15.4 Å². The third-order valence-electron chi connectivity index (χ3n) is 4.28. The van der Waals surface area contributed by atoms with E-state index < -0.39 is 16.6 Å². The molecule has 7 nitrogen and oxygen atoms in total. The Morgan fingerprint density at radius 3 is 2.25 bits per heavy atom. The highest BCUT2D eigenvalue weighted by Crippen LogP contribution is 2.37. The summed E-state index contributed by atoms with van der Waals surface area (Å²) in [5.74, 6) is 0. The zero-order valence-corrected chi connectivity index (χ0v) is 13.3.